The topological polar surface area (TPSA) is 132 Å². The Morgan fingerprint density at radius 1 is 1.07 bits per heavy atom. The first-order chi connectivity index (χ1) is 22.0. The lowest BCUT2D eigenvalue weighted by molar-refractivity contribution is -0.0592. The second-order valence-electron chi connectivity index (χ2n) is 11.5. The fourth-order valence-corrected chi connectivity index (χ4v) is 6.18. The van der Waals surface area contributed by atoms with Crippen LogP contribution in [0.1, 0.15) is 58.2 Å². The molecule has 0 saturated carbocycles. The Kier molecular flexibility index (Phi) is 7.95. The molecule has 11 nitrogen and oxygen atoms in total. The van der Waals surface area contributed by atoms with Crippen LogP contribution in [0.25, 0.3) is 11.0 Å². The third-order valence-electron chi connectivity index (χ3n) is 8.68. The second-order valence-corrected chi connectivity index (χ2v) is 11.5. The first-order valence-corrected chi connectivity index (χ1v) is 15.1. The number of halogens is 1. The molecule has 2 aromatic heterocycles. The lowest BCUT2D eigenvalue weighted by Crippen LogP contribution is -2.35. The van der Waals surface area contributed by atoms with Gasteiger partial charge in [-0.15, -0.1) is 0 Å². The molecule has 2 saturated heterocycles. The largest absolute Gasteiger partial charge is 0.485 e. The summed E-state index contributed by atoms with van der Waals surface area (Å²) < 4.78 is 39.7. The van der Waals surface area contributed by atoms with Crippen LogP contribution < -0.4 is 14.2 Å². The molecule has 45 heavy (non-hydrogen) atoms. The summed E-state index contributed by atoms with van der Waals surface area (Å²) in [6, 6.07) is 13.5. The number of piperidine rings is 1. The molecular weight excluding hydrogens is 581 g/mol. The van der Waals surface area contributed by atoms with Crippen molar-refractivity contribution in [2.24, 2.45) is 0 Å². The molecule has 232 valence electrons. The molecule has 5 heterocycles. The summed E-state index contributed by atoms with van der Waals surface area (Å²) in [4.78, 5) is 24.0. The van der Waals surface area contributed by atoms with E-state index in [2.05, 4.69) is 9.47 Å². The van der Waals surface area contributed by atoms with Crippen LogP contribution in [0, 0.1) is 17.1 Å². The van der Waals surface area contributed by atoms with Crippen LogP contribution in [0.4, 0.5) is 4.39 Å². The average Bonchev–Trinajstić information content (AvgIpc) is 3.38. The van der Waals surface area contributed by atoms with E-state index in [0.29, 0.717) is 49.0 Å². The van der Waals surface area contributed by atoms with E-state index < -0.39 is 11.8 Å². The van der Waals surface area contributed by atoms with Gasteiger partial charge in [-0.1, -0.05) is 12.1 Å². The van der Waals surface area contributed by atoms with Crippen LogP contribution in [0.5, 0.6) is 17.4 Å². The van der Waals surface area contributed by atoms with Crippen LogP contribution in [-0.2, 0) is 24.4 Å². The number of aromatic nitrogens is 3. The van der Waals surface area contributed by atoms with Gasteiger partial charge in [-0.2, -0.15) is 5.26 Å². The number of fused-ring (bicyclic) bond motifs is 3. The first kappa shape index (κ1) is 29.0. The van der Waals surface area contributed by atoms with E-state index in [1.54, 1.807) is 24.3 Å². The number of carboxylic acids is 1. The quantitative estimate of drug-likeness (QED) is 0.284. The summed E-state index contributed by atoms with van der Waals surface area (Å²) in [5, 5.41) is 18.8. The molecule has 0 spiro atoms. The molecule has 0 aliphatic carbocycles. The first-order valence-electron chi connectivity index (χ1n) is 15.1. The molecule has 0 radical (unpaired) electrons. The molecule has 3 aliphatic rings. The Bertz CT molecular complexity index is 1790. The van der Waals surface area contributed by atoms with Crippen molar-refractivity contribution >= 4 is 17.0 Å². The van der Waals surface area contributed by atoms with Crippen LogP contribution in [0.3, 0.4) is 0 Å². The highest BCUT2D eigenvalue weighted by Crippen LogP contribution is 2.42. The minimum Gasteiger partial charge on any atom is -0.485 e. The minimum absolute atomic E-state index is 0.0215. The van der Waals surface area contributed by atoms with Gasteiger partial charge in [-0.3, -0.25) is 4.90 Å². The SMILES string of the molecule is N#Cc1ccc(COc2cccc(C3CCN(Cc4nc5cc(C(=O)O)c6c(c5n4C[C@@H]4CCO4)OCCO6)CC3)n2)c(F)c1. The molecule has 7 rings (SSSR count). The van der Waals surface area contributed by atoms with E-state index in [9.17, 15) is 14.3 Å². The number of carbonyl (C=O) groups is 1. The summed E-state index contributed by atoms with van der Waals surface area (Å²) in [5.74, 6) is 0.641. The predicted octanol–water partition coefficient (Wildman–Crippen LogP) is 4.66. The van der Waals surface area contributed by atoms with Crippen molar-refractivity contribution in [3.8, 4) is 23.4 Å². The molecule has 0 bridgehead atoms. The number of hydrogen-bond donors (Lipinski definition) is 1. The summed E-state index contributed by atoms with van der Waals surface area (Å²) in [5.41, 5.74) is 2.94. The summed E-state index contributed by atoms with van der Waals surface area (Å²) in [6.07, 6.45) is 2.81. The molecule has 2 fully saturated rings. The van der Waals surface area contributed by atoms with Crippen molar-refractivity contribution in [3.63, 3.8) is 0 Å². The number of imidazole rings is 1. The molecule has 12 heteroatoms. The zero-order chi connectivity index (χ0) is 30.9. The molecule has 4 aromatic rings. The van der Waals surface area contributed by atoms with Crippen molar-refractivity contribution in [2.45, 2.75) is 51.0 Å². The van der Waals surface area contributed by atoms with Gasteiger partial charge in [0.15, 0.2) is 11.5 Å². The Hall–Kier alpha value is -4.73. The smallest absolute Gasteiger partial charge is 0.339 e. The Morgan fingerprint density at radius 2 is 1.87 bits per heavy atom. The maximum absolute atomic E-state index is 14.3. The summed E-state index contributed by atoms with van der Waals surface area (Å²) >= 11 is 0. The maximum atomic E-state index is 14.3. The second kappa shape index (κ2) is 12.3. The van der Waals surface area contributed by atoms with Gasteiger partial charge in [0.2, 0.25) is 5.88 Å². The van der Waals surface area contributed by atoms with E-state index in [4.69, 9.17) is 34.2 Å². The van der Waals surface area contributed by atoms with Crippen molar-refractivity contribution in [2.75, 3.05) is 32.9 Å². The van der Waals surface area contributed by atoms with Gasteiger partial charge >= 0.3 is 5.97 Å². The maximum Gasteiger partial charge on any atom is 0.339 e. The molecule has 1 N–H and O–H groups in total. The third-order valence-corrected chi connectivity index (χ3v) is 8.68. The van der Waals surface area contributed by atoms with Crippen LogP contribution in [0.2, 0.25) is 0 Å². The molecule has 0 unspecified atom stereocenters. The molecule has 0 amide bonds. The number of pyridine rings is 1. The van der Waals surface area contributed by atoms with Crippen LogP contribution in [-0.4, -0.2) is 69.5 Å². The highest BCUT2D eigenvalue weighted by molar-refractivity contribution is 5.99. The van der Waals surface area contributed by atoms with E-state index in [1.165, 1.54) is 6.07 Å². The van der Waals surface area contributed by atoms with Gasteiger partial charge in [0.25, 0.3) is 0 Å². The van der Waals surface area contributed by atoms with Crippen molar-refractivity contribution in [3.05, 3.63) is 76.5 Å². The minimum atomic E-state index is -1.08. The number of nitriles is 1. The van der Waals surface area contributed by atoms with E-state index in [0.717, 1.165) is 56.0 Å². The van der Waals surface area contributed by atoms with Crippen molar-refractivity contribution in [1.29, 1.82) is 5.26 Å². The Balaban J connectivity index is 1.05. The van der Waals surface area contributed by atoms with Crippen LogP contribution >= 0.6 is 0 Å². The van der Waals surface area contributed by atoms with Gasteiger partial charge in [0, 0.05) is 29.8 Å². The van der Waals surface area contributed by atoms with Gasteiger partial charge in [-0.25, -0.2) is 19.2 Å². The number of ether oxygens (including phenoxy) is 4. The zero-order valence-corrected chi connectivity index (χ0v) is 24.6. The van der Waals surface area contributed by atoms with Gasteiger partial charge in [0.05, 0.1) is 36.3 Å². The monoisotopic (exact) mass is 613 g/mol. The number of nitrogens with zero attached hydrogens (tertiary/aromatic N) is 5. The number of rotatable bonds is 9. The fourth-order valence-electron chi connectivity index (χ4n) is 6.18. The molecule has 2 aromatic carbocycles. The predicted molar refractivity (Wildman–Crippen MR) is 159 cm³/mol. The highest BCUT2D eigenvalue weighted by Gasteiger charge is 2.31. The zero-order valence-electron chi connectivity index (χ0n) is 24.6. The fraction of sp³-hybridized carbons (Fsp3) is 0.394. The van der Waals surface area contributed by atoms with Gasteiger partial charge < -0.3 is 28.6 Å². The standard InChI is InChI=1S/C33H32FN5O6/c34-25-14-20(16-35)4-5-22(25)19-45-29-3-1-2-26(37-29)21-6-9-38(10-7-21)18-28-36-27-15-24(33(40)41)31-32(44-13-12-43-31)30(27)39(28)17-23-8-11-42-23/h1-5,14-15,21,23H,6-13,17-19H2,(H,40,41)/t23-/m0/s1. The number of benzene rings is 2. The Labute approximate surface area is 258 Å². The average molecular weight is 614 g/mol. The van der Waals surface area contributed by atoms with Gasteiger partial charge in [0.1, 0.15) is 42.5 Å². The third kappa shape index (κ3) is 5.89. The number of hydrogen-bond acceptors (Lipinski definition) is 9. The lowest BCUT2D eigenvalue weighted by Gasteiger charge is -2.32. The van der Waals surface area contributed by atoms with Gasteiger partial charge in [-0.05, 0) is 56.6 Å². The highest BCUT2D eigenvalue weighted by atomic mass is 19.1. The normalized spacial score (nSPS) is 18.4. The van der Waals surface area contributed by atoms with Crippen LogP contribution in [0.15, 0.2) is 42.5 Å². The van der Waals surface area contributed by atoms with E-state index in [1.807, 2.05) is 18.2 Å². The molecule has 3 aliphatic heterocycles. The number of carboxylic acid groups (broad SMARTS) is 1. The lowest BCUT2D eigenvalue weighted by atomic mass is 9.93. The van der Waals surface area contributed by atoms with Crippen molar-refractivity contribution < 1.29 is 33.2 Å². The number of likely N-dealkylation sites (tertiary alicyclic amines) is 1. The number of aromatic carboxylic acids is 1. The summed E-state index contributed by atoms with van der Waals surface area (Å²) in [6.45, 7) is 4.24. The summed E-state index contributed by atoms with van der Waals surface area (Å²) in [7, 11) is 0. The molecule has 1 atom stereocenters. The van der Waals surface area contributed by atoms with E-state index in [-0.39, 0.29) is 35.5 Å². The van der Waals surface area contributed by atoms with E-state index >= 15 is 0 Å². The Morgan fingerprint density at radius 3 is 2.58 bits per heavy atom. The molecular formula is C33H32FN5O6. The van der Waals surface area contributed by atoms with Crippen molar-refractivity contribution in [1.82, 2.24) is 19.4 Å².